The second-order valence-corrected chi connectivity index (χ2v) is 5.88. The van der Waals surface area contributed by atoms with Gasteiger partial charge >= 0.3 is 0 Å². The molecule has 1 unspecified atom stereocenters. The predicted molar refractivity (Wildman–Crippen MR) is 82.0 cm³/mol. The summed E-state index contributed by atoms with van der Waals surface area (Å²) in [5.41, 5.74) is 1.13. The molecule has 102 valence electrons. The molecule has 1 fully saturated rings. The summed E-state index contributed by atoms with van der Waals surface area (Å²) >= 11 is 0. The van der Waals surface area contributed by atoms with Crippen molar-refractivity contribution in [2.75, 3.05) is 13.1 Å². The number of hydrogen-bond donors (Lipinski definition) is 0. The van der Waals surface area contributed by atoms with Gasteiger partial charge in [0.25, 0.3) is 0 Å². The van der Waals surface area contributed by atoms with Gasteiger partial charge in [0.1, 0.15) is 0 Å². The Hall–Kier alpha value is -1.26. The monoisotopic (exact) mass is 255 g/mol. The molecular weight excluding hydrogens is 230 g/mol. The summed E-state index contributed by atoms with van der Waals surface area (Å²) in [7, 11) is 0. The van der Waals surface area contributed by atoms with Gasteiger partial charge in [-0.1, -0.05) is 50.3 Å². The molecule has 1 saturated heterocycles. The molecule has 1 aromatic rings. The van der Waals surface area contributed by atoms with Crippen molar-refractivity contribution in [3.8, 4) is 11.8 Å². The number of nitrogens with zero attached hydrogens (tertiary/aromatic N) is 1. The molecular formula is C18H25N. The zero-order valence-electron chi connectivity index (χ0n) is 12.2. The van der Waals surface area contributed by atoms with Crippen molar-refractivity contribution in [3.05, 3.63) is 35.9 Å². The van der Waals surface area contributed by atoms with Crippen LogP contribution in [0.25, 0.3) is 0 Å². The summed E-state index contributed by atoms with van der Waals surface area (Å²) in [5.74, 6) is 7.57. The standard InChI is InChI=1S/C18H25N/c1-16(2)15-18(19-13-7-4-8-14-19)12-11-17-9-5-3-6-10-17/h3,5-6,9-10,16,18H,4,7-8,13-15H2,1-2H3. The highest BCUT2D eigenvalue weighted by Crippen LogP contribution is 2.17. The van der Waals surface area contributed by atoms with Crippen molar-refractivity contribution in [1.82, 2.24) is 4.90 Å². The quantitative estimate of drug-likeness (QED) is 0.740. The Labute approximate surface area is 118 Å². The highest BCUT2D eigenvalue weighted by molar-refractivity contribution is 5.34. The minimum Gasteiger partial charge on any atom is -0.290 e. The molecule has 1 atom stereocenters. The van der Waals surface area contributed by atoms with E-state index in [-0.39, 0.29) is 0 Å². The Kier molecular flexibility index (Phi) is 5.48. The Morgan fingerprint density at radius 1 is 1.05 bits per heavy atom. The summed E-state index contributed by atoms with van der Waals surface area (Å²) < 4.78 is 0. The van der Waals surface area contributed by atoms with Gasteiger partial charge in [-0.2, -0.15) is 0 Å². The molecule has 19 heavy (non-hydrogen) atoms. The largest absolute Gasteiger partial charge is 0.290 e. The summed E-state index contributed by atoms with van der Waals surface area (Å²) in [6, 6.07) is 10.8. The lowest BCUT2D eigenvalue weighted by Crippen LogP contribution is -2.39. The van der Waals surface area contributed by atoms with E-state index < -0.39 is 0 Å². The van der Waals surface area contributed by atoms with Crippen LogP contribution < -0.4 is 0 Å². The highest BCUT2D eigenvalue weighted by Gasteiger charge is 2.19. The second kappa shape index (κ2) is 7.36. The maximum absolute atomic E-state index is 3.51. The van der Waals surface area contributed by atoms with Crippen LogP contribution >= 0.6 is 0 Å². The van der Waals surface area contributed by atoms with Crippen LogP contribution in [0.15, 0.2) is 30.3 Å². The first kappa shape index (κ1) is 14.2. The van der Waals surface area contributed by atoms with Crippen LogP contribution in [0.4, 0.5) is 0 Å². The zero-order chi connectivity index (χ0) is 13.5. The average molecular weight is 255 g/mol. The lowest BCUT2D eigenvalue weighted by molar-refractivity contribution is 0.179. The molecule has 0 amide bonds. The molecule has 1 nitrogen and oxygen atoms in total. The van der Waals surface area contributed by atoms with Gasteiger partial charge in [0.05, 0.1) is 6.04 Å². The van der Waals surface area contributed by atoms with E-state index in [2.05, 4.69) is 54.9 Å². The molecule has 0 aromatic heterocycles. The molecule has 0 N–H and O–H groups in total. The Morgan fingerprint density at radius 2 is 1.74 bits per heavy atom. The zero-order valence-corrected chi connectivity index (χ0v) is 12.2. The molecule has 0 radical (unpaired) electrons. The minimum absolute atomic E-state index is 0.431. The summed E-state index contributed by atoms with van der Waals surface area (Å²) in [4.78, 5) is 2.58. The molecule has 1 aromatic carbocycles. The van der Waals surface area contributed by atoms with Gasteiger partial charge in [-0.25, -0.2) is 0 Å². The normalized spacial score (nSPS) is 17.8. The van der Waals surface area contributed by atoms with Gasteiger partial charge in [-0.15, -0.1) is 0 Å². The molecule has 0 bridgehead atoms. The van der Waals surface area contributed by atoms with Gasteiger partial charge in [0, 0.05) is 5.56 Å². The number of piperidine rings is 1. The van der Waals surface area contributed by atoms with Crippen molar-refractivity contribution in [2.45, 2.75) is 45.6 Å². The first-order chi connectivity index (χ1) is 9.25. The smallest absolute Gasteiger partial charge is 0.0720 e. The molecule has 0 spiro atoms. The number of hydrogen-bond acceptors (Lipinski definition) is 1. The van der Waals surface area contributed by atoms with E-state index in [4.69, 9.17) is 0 Å². The molecule has 2 rings (SSSR count). The SMILES string of the molecule is CC(C)CC(C#Cc1ccccc1)N1CCCCC1. The number of likely N-dealkylation sites (tertiary alicyclic amines) is 1. The fraction of sp³-hybridized carbons (Fsp3) is 0.556. The predicted octanol–water partition coefficient (Wildman–Crippen LogP) is 3.94. The summed E-state index contributed by atoms with van der Waals surface area (Å²) in [6.45, 7) is 7.03. The van der Waals surface area contributed by atoms with E-state index in [0.29, 0.717) is 12.0 Å². The minimum atomic E-state index is 0.431. The van der Waals surface area contributed by atoms with E-state index in [1.54, 1.807) is 0 Å². The van der Waals surface area contributed by atoms with Crippen molar-refractivity contribution < 1.29 is 0 Å². The third kappa shape index (κ3) is 4.73. The van der Waals surface area contributed by atoms with E-state index in [0.717, 1.165) is 5.56 Å². The van der Waals surface area contributed by atoms with Gasteiger partial charge in [0.15, 0.2) is 0 Å². The molecule has 0 saturated carbocycles. The van der Waals surface area contributed by atoms with Gasteiger partial charge in [0.2, 0.25) is 0 Å². The first-order valence-electron chi connectivity index (χ1n) is 7.56. The average Bonchev–Trinajstić information content (AvgIpc) is 2.45. The van der Waals surface area contributed by atoms with Crippen LogP contribution in [0.2, 0.25) is 0 Å². The third-order valence-corrected chi connectivity index (χ3v) is 3.68. The lowest BCUT2D eigenvalue weighted by atomic mass is 10.00. The number of benzene rings is 1. The van der Waals surface area contributed by atoms with Crippen LogP contribution in [0, 0.1) is 17.8 Å². The second-order valence-electron chi connectivity index (χ2n) is 5.88. The van der Waals surface area contributed by atoms with Crippen molar-refractivity contribution >= 4 is 0 Å². The first-order valence-corrected chi connectivity index (χ1v) is 7.56. The van der Waals surface area contributed by atoms with Crippen LogP contribution in [-0.4, -0.2) is 24.0 Å². The molecule has 1 heteroatoms. The van der Waals surface area contributed by atoms with E-state index in [9.17, 15) is 0 Å². The topological polar surface area (TPSA) is 3.24 Å². The Balaban J connectivity index is 2.07. The Bertz CT molecular complexity index is 418. The molecule has 0 aliphatic carbocycles. The van der Waals surface area contributed by atoms with Crippen LogP contribution in [0.5, 0.6) is 0 Å². The van der Waals surface area contributed by atoms with Crippen LogP contribution in [0.1, 0.15) is 45.1 Å². The lowest BCUT2D eigenvalue weighted by Gasteiger charge is -2.32. The van der Waals surface area contributed by atoms with Crippen molar-refractivity contribution in [3.63, 3.8) is 0 Å². The van der Waals surface area contributed by atoms with Crippen LogP contribution in [0.3, 0.4) is 0 Å². The summed E-state index contributed by atoms with van der Waals surface area (Å²) in [6.07, 6.45) is 5.24. The number of rotatable bonds is 3. The highest BCUT2D eigenvalue weighted by atomic mass is 15.2. The van der Waals surface area contributed by atoms with Gasteiger partial charge in [-0.3, -0.25) is 4.90 Å². The van der Waals surface area contributed by atoms with E-state index in [1.807, 2.05) is 6.07 Å². The fourth-order valence-electron chi connectivity index (χ4n) is 2.66. The maximum atomic E-state index is 3.51. The van der Waals surface area contributed by atoms with Gasteiger partial charge in [-0.05, 0) is 50.4 Å². The third-order valence-electron chi connectivity index (χ3n) is 3.68. The maximum Gasteiger partial charge on any atom is 0.0720 e. The van der Waals surface area contributed by atoms with Crippen LogP contribution in [-0.2, 0) is 0 Å². The van der Waals surface area contributed by atoms with Gasteiger partial charge < -0.3 is 0 Å². The molecule has 1 aliphatic rings. The Morgan fingerprint density at radius 3 is 2.37 bits per heavy atom. The molecule has 1 aliphatic heterocycles. The fourth-order valence-corrected chi connectivity index (χ4v) is 2.66. The molecule has 1 heterocycles. The van der Waals surface area contributed by atoms with E-state index >= 15 is 0 Å². The summed E-state index contributed by atoms with van der Waals surface area (Å²) in [5, 5.41) is 0. The van der Waals surface area contributed by atoms with E-state index in [1.165, 1.54) is 38.8 Å². The van der Waals surface area contributed by atoms with Crippen molar-refractivity contribution in [2.24, 2.45) is 5.92 Å². The van der Waals surface area contributed by atoms with Crippen molar-refractivity contribution in [1.29, 1.82) is 0 Å².